The predicted octanol–water partition coefficient (Wildman–Crippen LogP) is 2.51. The number of nitrogens with zero attached hydrogens (tertiary/aromatic N) is 1. The summed E-state index contributed by atoms with van der Waals surface area (Å²) in [5, 5.41) is 3.55. The molecule has 0 rings (SSSR count). The van der Waals surface area contributed by atoms with E-state index >= 15 is 0 Å². The van der Waals surface area contributed by atoms with Crippen LogP contribution in [-0.2, 0) is 4.74 Å². The smallest absolute Gasteiger partial charge is 0.0477 e. The summed E-state index contributed by atoms with van der Waals surface area (Å²) in [6.45, 7) is 15.2. The number of rotatable bonds is 12. The molecule has 0 aromatic heterocycles. The maximum absolute atomic E-state index is 5.31. The molecule has 1 atom stereocenters. The second kappa shape index (κ2) is 12.3. The molecular weight excluding hydrogens is 212 g/mol. The molecule has 1 N–H and O–H groups in total. The Morgan fingerprint density at radius 1 is 1.12 bits per heavy atom. The van der Waals surface area contributed by atoms with E-state index in [0.29, 0.717) is 6.04 Å². The molecule has 0 aliphatic heterocycles. The van der Waals surface area contributed by atoms with Gasteiger partial charge in [-0.05, 0) is 59.3 Å². The van der Waals surface area contributed by atoms with Crippen LogP contribution in [0.2, 0.25) is 0 Å². The molecule has 0 fully saturated rings. The quantitative estimate of drug-likeness (QED) is 0.534. The fourth-order valence-electron chi connectivity index (χ4n) is 1.93. The van der Waals surface area contributed by atoms with Gasteiger partial charge in [0.25, 0.3) is 0 Å². The lowest BCUT2D eigenvalue weighted by atomic mass is 10.1. The van der Waals surface area contributed by atoms with E-state index in [1.165, 1.54) is 32.5 Å². The molecule has 0 bridgehead atoms. The maximum Gasteiger partial charge on any atom is 0.0477 e. The molecule has 3 heteroatoms. The van der Waals surface area contributed by atoms with Gasteiger partial charge in [-0.2, -0.15) is 0 Å². The molecule has 0 spiro atoms. The van der Waals surface area contributed by atoms with E-state index in [1.807, 2.05) is 6.92 Å². The van der Waals surface area contributed by atoms with E-state index in [9.17, 15) is 0 Å². The Morgan fingerprint density at radius 2 is 1.82 bits per heavy atom. The first kappa shape index (κ1) is 16.9. The van der Waals surface area contributed by atoms with Gasteiger partial charge in [0.15, 0.2) is 0 Å². The second-order valence-corrected chi connectivity index (χ2v) is 4.57. The molecule has 1 unspecified atom stereocenters. The third kappa shape index (κ3) is 10.7. The van der Waals surface area contributed by atoms with Crippen LogP contribution in [0.4, 0.5) is 0 Å². The molecule has 104 valence electrons. The first-order valence-electron chi connectivity index (χ1n) is 7.28. The van der Waals surface area contributed by atoms with E-state index in [2.05, 4.69) is 31.0 Å². The third-order valence-electron chi connectivity index (χ3n) is 3.17. The Balaban J connectivity index is 3.30. The summed E-state index contributed by atoms with van der Waals surface area (Å²) >= 11 is 0. The molecular formula is C14H32N2O. The first-order chi connectivity index (χ1) is 8.24. The molecule has 0 saturated carbocycles. The number of hydrogen-bond donors (Lipinski definition) is 1. The van der Waals surface area contributed by atoms with Crippen LogP contribution in [0.3, 0.4) is 0 Å². The summed E-state index contributed by atoms with van der Waals surface area (Å²) < 4.78 is 5.31. The molecule has 3 nitrogen and oxygen atoms in total. The summed E-state index contributed by atoms with van der Waals surface area (Å²) in [6.07, 6.45) is 3.68. The SMILES string of the molecule is CCOCCCNC(C)CCCN(CC)CC. The Morgan fingerprint density at radius 3 is 2.41 bits per heavy atom. The van der Waals surface area contributed by atoms with Gasteiger partial charge in [0.1, 0.15) is 0 Å². The fourth-order valence-corrected chi connectivity index (χ4v) is 1.93. The largest absolute Gasteiger partial charge is 0.382 e. The van der Waals surface area contributed by atoms with Crippen LogP contribution in [0.15, 0.2) is 0 Å². The van der Waals surface area contributed by atoms with E-state index in [1.54, 1.807) is 0 Å². The molecule has 0 aliphatic carbocycles. The van der Waals surface area contributed by atoms with Crippen molar-refractivity contribution in [3.63, 3.8) is 0 Å². The lowest BCUT2D eigenvalue weighted by Crippen LogP contribution is -2.30. The zero-order chi connectivity index (χ0) is 12.9. The van der Waals surface area contributed by atoms with Gasteiger partial charge in [-0.15, -0.1) is 0 Å². The molecule has 17 heavy (non-hydrogen) atoms. The standard InChI is InChI=1S/C14H32N2O/c1-5-16(6-2)12-8-10-14(4)15-11-9-13-17-7-3/h14-15H,5-13H2,1-4H3. The van der Waals surface area contributed by atoms with Crippen molar-refractivity contribution in [3.8, 4) is 0 Å². The summed E-state index contributed by atoms with van der Waals surface area (Å²) in [5.41, 5.74) is 0. The molecule has 0 aromatic rings. The maximum atomic E-state index is 5.31. The van der Waals surface area contributed by atoms with Crippen LogP contribution in [0, 0.1) is 0 Å². The van der Waals surface area contributed by atoms with Crippen molar-refractivity contribution < 1.29 is 4.74 Å². The highest BCUT2D eigenvalue weighted by atomic mass is 16.5. The number of hydrogen-bond acceptors (Lipinski definition) is 3. The Kier molecular flexibility index (Phi) is 12.3. The Bertz CT molecular complexity index is 149. The van der Waals surface area contributed by atoms with Gasteiger partial charge < -0.3 is 15.0 Å². The molecule has 0 heterocycles. The highest BCUT2D eigenvalue weighted by molar-refractivity contribution is 4.62. The number of ether oxygens (including phenoxy) is 1. The van der Waals surface area contributed by atoms with E-state index in [-0.39, 0.29) is 0 Å². The Labute approximate surface area is 108 Å². The average molecular weight is 244 g/mol. The van der Waals surface area contributed by atoms with Gasteiger partial charge in [-0.25, -0.2) is 0 Å². The zero-order valence-electron chi connectivity index (χ0n) is 12.3. The van der Waals surface area contributed by atoms with Crippen molar-refractivity contribution in [2.24, 2.45) is 0 Å². The van der Waals surface area contributed by atoms with Crippen molar-refractivity contribution in [1.29, 1.82) is 0 Å². The first-order valence-corrected chi connectivity index (χ1v) is 7.28. The summed E-state index contributed by atoms with van der Waals surface area (Å²) in [7, 11) is 0. The molecule has 0 saturated heterocycles. The molecule has 0 amide bonds. The summed E-state index contributed by atoms with van der Waals surface area (Å²) in [4.78, 5) is 2.49. The normalized spacial score (nSPS) is 13.2. The van der Waals surface area contributed by atoms with Crippen LogP contribution < -0.4 is 5.32 Å². The molecule has 0 aliphatic rings. The van der Waals surface area contributed by atoms with Crippen LogP contribution in [0.5, 0.6) is 0 Å². The van der Waals surface area contributed by atoms with E-state index in [4.69, 9.17) is 4.74 Å². The van der Waals surface area contributed by atoms with E-state index < -0.39 is 0 Å². The fraction of sp³-hybridized carbons (Fsp3) is 1.00. The van der Waals surface area contributed by atoms with Crippen molar-refractivity contribution in [3.05, 3.63) is 0 Å². The molecule has 0 radical (unpaired) electrons. The van der Waals surface area contributed by atoms with Crippen molar-refractivity contribution in [1.82, 2.24) is 10.2 Å². The highest BCUT2D eigenvalue weighted by Crippen LogP contribution is 1.99. The van der Waals surface area contributed by atoms with Crippen molar-refractivity contribution in [2.75, 3.05) is 39.4 Å². The zero-order valence-corrected chi connectivity index (χ0v) is 12.3. The van der Waals surface area contributed by atoms with Crippen LogP contribution in [0.1, 0.15) is 47.0 Å². The van der Waals surface area contributed by atoms with Gasteiger partial charge in [0, 0.05) is 19.3 Å². The monoisotopic (exact) mass is 244 g/mol. The third-order valence-corrected chi connectivity index (χ3v) is 3.17. The van der Waals surface area contributed by atoms with Gasteiger partial charge in [-0.3, -0.25) is 0 Å². The highest BCUT2D eigenvalue weighted by Gasteiger charge is 2.03. The lowest BCUT2D eigenvalue weighted by Gasteiger charge is -2.19. The van der Waals surface area contributed by atoms with Gasteiger partial charge in [0.05, 0.1) is 0 Å². The average Bonchev–Trinajstić information content (AvgIpc) is 2.34. The van der Waals surface area contributed by atoms with Crippen LogP contribution in [-0.4, -0.2) is 50.3 Å². The summed E-state index contributed by atoms with van der Waals surface area (Å²) in [6, 6.07) is 0.632. The minimum Gasteiger partial charge on any atom is -0.382 e. The predicted molar refractivity (Wildman–Crippen MR) is 75.6 cm³/mol. The van der Waals surface area contributed by atoms with Gasteiger partial charge in [-0.1, -0.05) is 13.8 Å². The second-order valence-electron chi connectivity index (χ2n) is 4.57. The van der Waals surface area contributed by atoms with Crippen LogP contribution in [0.25, 0.3) is 0 Å². The minimum atomic E-state index is 0.632. The summed E-state index contributed by atoms with van der Waals surface area (Å²) in [5.74, 6) is 0. The lowest BCUT2D eigenvalue weighted by molar-refractivity contribution is 0.144. The van der Waals surface area contributed by atoms with Gasteiger partial charge >= 0.3 is 0 Å². The molecule has 0 aromatic carbocycles. The Hall–Kier alpha value is -0.120. The van der Waals surface area contributed by atoms with Crippen molar-refractivity contribution >= 4 is 0 Å². The topological polar surface area (TPSA) is 24.5 Å². The number of nitrogens with one attached hydrogen (secondary N) is 1. The van der Waals surface area contributed by atoms with Gasteiger partial charge in [0.2, 0.25) is 0 Å². The van der Waals surface area contributed by atoms with E-state index in [0.717, 1.165) is 26.2 Å². The van der Waals surface area contributed by atoms with Crippen molar-refractivity contribution in [2.45, 2.75) is 53.0 Å². The van der Waals surface area contributed by atoms with Crippen LogP contribution >= 0.6 is 0 Å². The minimum absolute atomic E-state index is 0.632.